The maximum Gasteiger partial charge on any atom is 0.246 e. The van der Waals surface area contributed by atoms with Crippen LogP contribution in [-0.4, -0.2) is 24.3 Å². The zero-order chi connectivity index (χ0) is 11.4. The summed E-state index contributed by atoms with van der Waals surface area (Å²) in [5.74, 6) is -0.0154. The third kappa shape index (κ3) is 1.90. The molecule has 0 bridgehead atoms. The van der Waals surface area contributed by atoms with Gasteiger partial charge < -0.3 is 14.6 Å². The molecule has 16 heavy (non-hydrogen) atoms. The van der Waals surface area contributed by atoms with Crippen LogP contribution in [0.2, 0.25) is 0 Å². The molecule has 2 heterocycles. The molecular formula is C10H11N3O3. The highest BCUT2D eigenvalue weighted by atomic mass is 16.5. The summed E-state index contributed by atoms with van der Waals surface area (Å²) in [5, 5.41) is 15.3. The molecule has 1 aromatic rings. The van der Waals surface area contributed by atoms with Crippen molar-refractivity contribution >= 4 is 11.7 Å². The van der Waals surface area contributed by atoms with Crippen LogP contribution in [0.15, 0.2) is 16.9 Å². The Kier molecular flexibility index (Phi) is 2.88. The largest absolute Gasteiger partial charge is 0.381 e. The second kappa shape index (κ2) is 4.33. The van der Waals surface area contributed by atoms with E-state index in [0.29, 0.717) is 31.9 Å². The van der Waals surface area contributed by atoms with Gasteiger partial charge >= 0.3 is 0 Å². The molecule has 1 saturated heterocycles. The number of anilines is 1. The normalized spacial score (nSPS) is 18.7. The lowest BCUT2D eigenvalue weighted by molar-refractivity contribution is -0.126. The SMILES string of the molecule is N#CC1(C(=O)Nc2ccon2)CCOCC1. The molecule has 6 nitrogen and oxygen atoms in total. The number of carbonyl (C=O) groups is 1. The molecule has 0 radical (unpaired) electrons. The molecule has 6 heteroatoms. The van der Waals surface area contributed by atoms with Crippen LogP contribution in [0.25, 0.3) is 0 Å². The van der Waals surface area contributed by atoms with Crippen molar-refractivity contribution in [2.24, 2.45) is 5.41 Å². The zero-order valence-corrected chi connectivity index (χ0v) is 8.60. The van der Waals surface area contributed by atoms with E-state index in [9.17, 15) is 4.79 Å². The van der Waals surface area contributed by atoms with Gasteiger partial charge in [-0.25, -0.2) is 0 Å². The third-order valence-corrected chi connectivity index (χ3v) is 2.67. The minimum atomic E-state index is -1.00. The van der Waals surface area contributed by atoms with Gasteiger partial charge in [0.2, 0.25) is 5.91 Å². The van der Waals surface area contributed by atoms with E-state index >= 15 is 0 Å². The maximum absolute atomic E-state index is 11.9. The minimum Gasteiger partial charge on any atom is -0.381 e. The van der Waals surface area contributed by atoms with E-state index in [-0.39, 0.29) is 5.91 Å². The van der Waals surface area contributed by atoms with Crippen LogP contribution in [0.5, 0.6) is 0 Å². The molecule has 1 fully saturated rings. The van der Waals surface area contributed by atoms with E-state index in [1.807, 2.05) is 0 Å². The van der Waals surface area contributed by atoms with Crippen molar-refractivity contribution in [3.8, 4) is 6.07 Å². The van der Waals surface area contributed by atoms with Crippen LogP contribution in [0.1, 0.15) is 12.8 Å². The summed E-state index contributed by atoms with van der Waals surface area (Å²) < 4.78 is 9.74. The fourth-order valence-corrected chi connectivity index (χ4v) is 1.62. The maximum atomic E-state index is 11.9. The van der Waals surface area contributed by atoms with Gasteiger partial charge in [0, 0.05) is 19.3 Å². The summed E-state index contributed by atoms with van der Waals surface area (Å²) in [5.41, 5.74) is -1.00. The molecule has 0 unspecified atom stereocenters. The van der Waals surface area contributed by atoms with Crippen LogP contribution >= 0.6 is 0 Å². The number of carbonyl (C=O) groups excluding carboxylic acids is 1. The van der Waals surface area contributed by atoms with E-state index in [1.54, 1.807) is 0 Å². The Labute approximate surface area is 92.2 Å². The number of rotatable bonds is 2. The lowest BCUT2D eigenvalue weighted by Gasteiger charge is -2.28. The number of ether oxygens (including phenoxy) is 1. The van der Waals surface area contributed by atoms with Crippen LogP contribution in [0.3, 0.4) is 0 Å². The number of amides is 1. The summed E-state index contributed by atoms with van der Waals surface area (Å²) in [4.78, 5) is 11.9. The van der Waals surface area contributed by atoms with E-state index < -0.39 is 5.41 Å². The number of nitriles is 1. The van der Waals surface area contributed by atoms with E-state index in [0.717, 1.165) is 0 Å². The topological polar surface area (TPSA) is 88.2 Å². The average Bonchev–Trinajstić information content (AvgIpc) is 2.82. The lowest BCUT2D eigenvalue weighted by Crippen LogP contribution is -2.40. The van der Waals surface area contributed by atoms with E-state index in [4.69, 9.17) is 10.00 Å². The van der Waals surface area contributed by atoms with Crippen molar-refractivity contribution < 1.29 is 14.1 Å². The number of nitrogens with zero attached hydrogens (tertiary/aromatic N) is 2. The van der Waals surface area contributed by atoms with Gasteiger partial charge in [0.25, 0.3) is 0 Å². The molecular weight excluding hydrogens is 210 g/mol. The lowest BCUT2D eigenvalue weighted by atomic mass is 9.81. The molecule has 0 atom stereocenters. The summed E-state index contributed by atoms with van der Waals surface area (Å²) in [6.45, 7) is 0.861. The standard InChI is InChI=1S/C10H11N3O3/c11-7-10(2-5-15-6-3-10)9(14)12-8-1-4-16-13-8/h1,4H,2-3,5-6H2,(H,12,13,14). The Morgan fingerprint density at radius 3 is 2.88 bits per heavy atom. The van der Waals surface area contributed by atoms with Gasteiger partial charge in [-0.2, -0.15) is 5.26 Å². The Morgan fingerprint density at radius 1 is 1.56 bits per heavy atom. The molecule has 1 aliphatic heterocycles. The third-order valence-electron chi connectivity index (χ3n) is 2.67. The van der Waals surface area contributed by atoms with Crippen molar-refractivity contribution in [2.45, 2.75) is 12.8 Å². The molecule has 1 N–H and O–H groups in total. The van der Waals surface area contributed by atoms with Crippen LogP contribution < -0.4 is 5.32 Å². The summed E-state index contributed by atoms with van der Waals surface area (Å²) in [6, 6.07) is 3.61. The van der Waals surface area contributed by atoms with E-state index in [1.165, 1.54) is 12.3 Å². The first-order valence-electron chi connectivity index (χ1n) is 4.98. The predicted molar refractivity (Wildman–Crippen MR) is 53.2 cm³/mol. The van der Waals surface area contributed by atoms with Gasteiger partial charge in [-0.05, 0) is 12.8 Å². The average molecular weight is 221 g/mol. The van der Waals surface area contributed by atoms with Crippen molar-refractivity contribution in [1.82, 2.24) is 5.16 Å². The number of hydrogen-bond acceptors (Lipinski definition) is 5. The van der Waals surface area contributed by atoms with Crippen LogP contribution in [0, 0.1) is 16.7 Å². The highest BCUT2D eigenvalue weighted by Crippen LogP contribution is 2.30. The molecule has 1 aromatic heterocycles. The fourth-order valence-electron chi connectivity index (χ4n) is 1.62. The first-order valence-corrected chi connectivity index (χ1v) is 4.98. The monoisotopic (exact) mass is 221 g/mol. The molecule has 0 saturated carbocycles. The predicted octanol–water partition coefficient (Wildman–Crippen LogP) is 0.933. The highest BCUT2D eigenvalue weighted by molar-refractivity contribution is 5.96. The molecule has 2 rings (SSSR count). The molecule has 84 valence electrons. The van der Waals surface area contributed by atoms with Gasteiger partial charge in [-0.1, -0.05) is 5.16 Å². The summed E-state index contributed by atoms with van der Waals surface area (Å²) in [7, 11) is 0. The molecule has 1 amide bonds. The quantitative estimate of drug-likeness (QED) is 0.802. The Bertz CT molecular complexity index is 401. The van der Waals surface area contributed by atoms with Crippen molar-refractivity contribution in [3.63, 3.8) is 0 Å². The fraction of sp³-hybridized carbons (Fsp3) is 0.500. The zero-order valence-electron chi connectivity index (χ0n) is 8.60. The smallest absolute Gasteiger partial charge is 0.246 e. The minimum absolute atomic E-state index is 0.325. The summed E-state index contributed by atoms with van der Waals surface area (Å²) in [6.07, 6.45) is 2.18. The Morgan fingerprint density at radius 2 is 2.31 bits per heavy atom. The molecule has 0 spiro atoms. The van der Waals surface area contributed by atoms with Crippen LogP contribution in [-0.2, 0) is 9.53 Å². The van der Waals surface area contributed by atoms with Crippen molar-refractivity contribution in [1.29, 1.82) is 5.26 Å². The van der Waals surface area contributed by atoms with Gasteiger partial charge in [0.1, 0.15) is 11.7 Å². The second-order valence-electron chi connectivity index (χ2n) is 3.65. The van der Waals surface area contributed by atoms with Gasteiger partial charge in [-0.3, -0.25) is 4.79 Å². The second-order valence-corrected chi connectivity index (χ2v) is 3.65. The Hall–Kier alpha value is -1.87. The van der Waals surface area contributed by atoms with Crippen molar-refractivity contribution in [2.75, 3.05) is 18.5 Å². The number of aromatic nitrogens is 1. The van der Waals surface area contributed by atoms with Crippen LogP contribution in [0.4, 0.5) is 5.82 Å². The highest BCUT2D eigenvalue weighted by Gasteiger charge is 2.40. The molecule has 0 aliphatic carbocycles. The first-order chi connectivity index (χ1) is 7.77. The molecule has 1 aliphatic rings. The van der Waals surface area contributed by atoms with E-state index in [2.05, 4.69) is 21.1 Å². The van der Waals surface area contributed by atoms with Crippen molar-refractivity contribution in [3.05, 3.63) is 12.3 Å². The number of hydrogen-bond donors (Lipinski definition) is 1. The van der Waals surface area contributed by atoms with Gasteiger partial charge in [-0.15, -0.1) is 0 Å². The Balaban J connectivity index is 2.10. The summed E-state index contributed by atoms with van der Waals surface area (Å²) >= 11 is 0. The first kappa shape index (κ1) is 10.6. The van der Waals surface area contributed by atoms with Gasteiger partial charge in [0.05, 0.1) is 6.07 Å². The number of nitrogens with one attached hydrogen (secondary N) is 1. The van der Waals surface area contributed by atoms with Gasteiger partial charge in [0.15, 0.2) is 5.82 Å². The molecule has 0 aromatic carbocycles.